The van der Waals surface area contributed by atoms with Gasteiger partial charge in [-0.25, -0.2) is 4.79 Å². The van der Waals surface area contributed by atoms with Gasteiger partial charge in [-0.2, -0.15) is 0 Å². The lowest BCUT2D eigenvalue weighted by molar-refractivity contribution is 0.0690. The highest BCUT2D eigenvalue weighted by Crippen LogP contribution is 2.32. The maximum absolute atomic E-state index is 11.2. The number of aromatic carboxylic acids is 1. The molecule has 0 saturated heterocycles. The zero-order valence-electron chi connectivity index (χ0n) is 12.0. The summed E-state index contributed by atoms with van der Waals surface area (Å²) < 4.78 is 11.3. The van der Waals surface area contributed by atoms with E-state index in [0.717, 1.165) is 0 Å². The Balaban J connectivity index is 2.99. The minimum atomic E-state index is -1.01. The molecule has 0 aromatic heterocycles. The summed E-state index contributed by atoms with van der Waals surface area (Å²) in [7, 11) is 0. The smallest absolute Gasteiger partial charge is 0.339 e. The van der Waals surface area contributed by atoms with E-state index in [2.05, 4.69) is 0 Å². The third-order valence-electron chi connectivity index (χ3n) is 2.34. The Labute approximate surface area is 114 Å². The number of hydrogen-bond acceptors (Lipinski definition) is 3. The van der Waals surface area contributed by atoms with Crippen LogP contribution in [0.2, 0.25) is 0 Å². The lowest BCUT2D eigenvalue weighted by Crippen LogP contribution is -2.12. The van der Waals surface area contributed by atoms with E-state index in [1.165, 1.54) is 6.07 Å². The van der Waals surface area contributed by atoms with Crippen LogP contribution >= 0.6 is 0 Å². The molecule has 0 spiro atoms. The van der Waals surface area contributed by atoms with Gasteiger partial charge in [-0.3, -0.25) is 0 Å². The van der Waals surface area contributed by atoms with Crippen molar-refractivity contribution in [3.05, 3.63) is 23.8 Å². The molecule has 1 rings (SSSR count). The molecule has 0 aliphatic carbocycles. The molecule has 0 bridgehead atoms. The maximum Gasteiger partial charge on any atom is 0.339 e. The van der Waals surface area contributed by atoms with Crippen molar-refractivity contribution in [2.24, 2.45) is 11.8 Å². The van der Waals surface area contributed by atoms with Crippen LogP contribution in [0.3, 0.4) is 0 Å². The molecule has 0 fully saturated rings. The second-order valence-electron chi connectivity index (χ2n) is 5.35. The molecular weight excluding hydrogens is 244 g/mol. The summed E-state index contributed by atoms with van der Waals surface area (Å²) in [5, 5.41) is 9.20. The van der Waals surface area contributed by atoms with E-state index in [4.69, 9.17) is 9.47 Å². The van der Waals surface area contributed by atoms with Crippen molar-refractivity contribution in [1.82, 2.24) is 0 Å². The first kappa shape index (κ1) is 15.3. The Morgan fingerprint density at radius 3 is 2.21 bits per heavy atom. The van der Waals surface area contributed by atoms with Gasteiger partial charge in [-0.1, -0.05) is 33.8 Å². The van der Waals surface area contributed by atoms with Gasteiger partial charge in [-0.15, -0.1) is 0 Å². The second-order valence-corrected chi connectivity index (χ2v) is 5.35. The highest BCUT2D eigenvalue weighted by atomic mass is 16.5. The highest BCUT2D eigenvalue weighted by molar-refractivity contribution is 5.92. The van der Waals surface area contributed by atoms with E-state index < -0.39 is 5.97 Å². The number of rotatable bonds is 7. The predicted octanol–water partition coefficient (Wildman–Crippen LogP) is 3.45. The lowest BCUT2D eigenvalue weighted by atomic mass is 10.1. The molecule has 106 valence electrons. The summed E-state index contributed by atoms with van der Waals surface area (Å²) in [6.45, 7) is 9.09. The summed E-state index contributed by atoms with van der Waals surface area (Å²) in [6, 6.07) is 4.94. The van der Waals surface area contributed by atoms with Gasteiger partial charge in [0.25, 0.3) is 0 Å². The Bertz CT molecular complexity index is 424. The van der Waals surface area contributed by atoms with Gasteiger partial charge in [0.2, 0.25) is 0 Å². The van der Waals surface area contributed by atoms with Gasteiger partial charge >= 0.3 is 5.97 Å². The largest absolute Gasteiger partial charge is 0.489 e. The topological polar surface area (TPSA) is 55.8 Å². The molecule has 0 saturated carbocycles. The van der Waals surface area contributed by atoms with E-state index in [1.807, 2.05) is 27.7 Å². The van der Waals surface area contributed by atoms with Gasteiger partial charge in [-0.05, 0) is 24.0 Å². The van der Waals surface area contributed by atoms with E-state index in [0.29, 0.717) is 36.5 Å². The quantitative estimate of drug-likeness (QED) is 0.821. The van der Waals surface area contributed by atoms with Crippen LogP contribution < -0.4 is 9.47 Å². The lowest BCUT2D eigenvalue weighted by Gasteiger charge is -2.16. The van der Waals surface area contributed by atoms with Crippen LogP contribution in [0, 0.1) is 11.8 Å². The molecule has 19 heavy (non-hydrogen) atoms. The molecule has 0 heterocycles. The van der Waals surface area contributed by atoms with Crippen molar-refractivity contribution in [2.75, 3.05) is 13.2 Å². The molecule has 0 unspecified atom stereocenters. The molecule has 1 N–H and O–H groups in total. The fourth-order valence-corrected chi connectivity index (χ4v) is 1.45. The molecule has 0 atom stereocenters. The number of benzene rings is 1. The molecule has 1 aromatic carbocycles. The van der Waals surface area contributed by atoms with Crippen LogP contribution in [0.4, 0.5) is 0 Å². The summed E-state index contributed by atoms with van der Waals surface area (Å²) in [6.07, 6.45) is 0. The Kier molecular flexibility index (Phi) is 5.67. The molecule has 4 nitrogen and oxygen atoms in total. The van der Waals surface area contributed by atoms with Gasteiger partial charge < -0.3 is 14.6 Å². The van der Waals surface area contributed by atoms with Crippen LogP contribution in [0.25, 0.3) is 0 Å². The van der Waals surface area contributed by atoms with Crippen molar-refractivity contribution in [3.63, 3.8) is 0 Å². The second kappa shape index (κ2) is 7.02. The first-order valence-corrected chi connectivity index (χ1v) is 6.53. The van der Waals surface area contributed by atoms with Gasteiger partial charge in [0.05, 0.1) is 13.2 Å². The SMILES string of the molecule is CC(C)COc1cccc(C(=O)O)c1OCC(C)C. The average Bonchev–Trinajstić information content (AvgIpc) is 2.33. The Morgan fingerprint density at radius 1 is 1.11 bits per heavy atom. The standard InChI is InChI=1S/C15H22O4/c1-10(2)8-18-13-7-5-6-12(15(16)17)14(13)19-9-11(3)4/h5-7,10-11H,8-9H2,1-4H3,(H,16,17). The number of carbonyl (C=O) groups is 1. The Morgan fingerprint density at radius 2 is 1.68 bits per heavy atom. The van der Waals surface area contributed by atoms with Crippen LogP contribution in [0.1, 0.15) is 38.1 Å². The summed E-state index contributed by atoms with van der Waals surface area (Å²) in [5.74, 6) is 0.499. The van der Waals surface area contributed by atoms with Crippen LogP contribution in [0.5, 0.6) is 11.5 Å². The van der Waals surface area contributed by atoms with E-state index in [-0.39, 0.29) is 5.56 Å². The predicted molar refractivity (Wildman–Crippen MR) is 74.1 cm³/mol. The van der Waals surface area contributed by atoms with E-state index >= 15 is 0 Å². The zero-order valence-corrected chi connectivity index (χ0v) is 12.0. The van der Waals surface area contributed by atoms with Gasteiger partial charge in [0, 0.05) is 0 Å². The first-order chi connectivity index (χ1) is 8.91. The number of ether oxygens (including phenoxy) is 2. The number of carboxylic acids is 1. The Hall–Kier alpha value is -1.71. The van der Waals surface area contributed by atoms with Crippen molar-refractivity contribution in [3.8, 4) is 11.5 Å². The third-order valence-corrected chi connectivity index (χ3v) is 2.34. The van der Waals surface area contributed by atoms with Crippen LogP contribution in [-0.4, -0.2) is 24.3 Å². The van der Waals surface area contributed by atoms with Gasteiger partial charge in [0.1, 0.15) is 5.56 Å². The average molecular weight is 266 g/mol. The molecule has 4 heteroatoms. The third kappa shape index (κ3) is 4.81. The fraction of sp³-hybridized carbons (Fsp3) is 0.533. The monoisotopic (exact) mass is 266 g/mol. The van der Waals surface area contributed by atoms with Crippen LogP contribution in [-0.2, 0) is 0 Å². The zero-order chi connectivity index (χ0) is 14.4. The molecule has 1 aromatic rings. The molecule has 0 amide bonds. The number of carboxylic acid groups (broad SMARTS) is 1. The van der Waals surface area contributed by atoms with Crippen molar-refractivity contribution < 1.29 is 19.4 Å². The highest BCUT2D eigenvalue weighted by Gasteiger charge is 2.17. The van der Waals surface area contributed by atoms with E-state index in [9.17, 15) is 9.90 Å². The summed E-state index contributed by atoms with van der Waals surface area (Å²) in [5.41, 5.74) is 0.141. The number of hydrogen-bond donors (Lipinski definition) is 1. The van der Waals surface area contributed by atoms with Crippen molar-refractivity contribution in [1.29, 1.82) is 0 Å². The molecule has 0 radical (unpaired) electrons. The molecule has 0 aliphatic rings. The normalized spacial score (nSPS) is 10.8. The van der Waals surface area contributed by atoms with Crippen molar-refractivity contribution in [2.45, 2.75) is 27.7 Å². The van der Waals surface area contributed by atoms with E-state index in [1.54, 1.807) is 12.1 Å². The fourth-order valence-electron chi connectivity index (χ4n) is 1.45. The van der Waals surface area contributed by atoms with Crippen molar-refractivity contribution >= 4 is 5.97 Å². The summed E-state index contributed by atoms with van der Waals surface area (Å²) in [4.78, 5) is 11.2. The van der Waals surface area contributed by atoms with Crippen LogP contribution in [0.15, 0.2) is 18.2 Å². The molecular formula is C15H22O4. The minimum absolute atomic E-state index is 0.141. The summed E-state index contributed by atoms with van der Waals surface area (Å²) >= 11 is 0. The maximum atomic E-state index is 11.2. The van der Waals surface area contributed by atoms with Gasteiger partial charge in [0.15, 0.2) is 11.5 Å². The number of para-hydroxylation sites is 1. The first-order valence-electron chi connectivity index (χ1n) is 6.53. The minimum Gasteiger partial charge on any atom is -0.489 e. The molecule has 0 aliphatic heterocycles.